The maximum atomic E-state index is 13.0. The van der Waals surface area contributed by atoms with E-state index in [9.17, 15) is 17.6 Å². The molecule has 1 aliphatic rings. The van der Waals surface area contributed by atoms with Crippen LogP contribution in [0.5, 0.6) is 0 Å². The largest absolute Gasteiger partial charge is 0.358 e. The van der Waals surface area contributed by atoms with Crippen molar-refractivity contribution in [2.24, 2.45) is 5.41 Å². The first-order valence-electron chi connectivity index (χ1n) is 9.48. The van der Waals surface area contributed by atoms with Gasteiger partial charge in [-0.15, -0.1) is 0 Å². The van der Waals surface area contributed by atoms with Gasteiger partial charge >= 0.3 is 0 Å². The van der Waals surface area contributed by atoms with Crippen molar-refractivity contribution < 1.29 is 17.6 Å². The third kappa shape index (κ3) is 3.72. The fourth-order valence-corrected chi connectivity index (χ4v) is 5.32. The molecule has 1 aliphatic carbocycles. The average molecular weight is 415 g/mol. The van der Waals surface area contributed by atoms with Crippen LogP contribution in [-0.4, -0.2) is 19.2 Å². The highest BCUT2D eigenvalue weighted by Gasteiger charge is 2.34. The predicted molar refractivity (Wildman–Crippen MR) is 110 cm³/mol. The van der Waals surface area contributed by atoms with Crippen LogP contribution in [0.1, 0.15) is 47.4 Å². The van der Waals surface area contributed by atoms with Crippen LogP contribution in [0.15, 0.2) is 41.3 Å². The van der Waals surface area contributed by atoms with Gasteiger partial charge in [0, 0.05) is 35.1 Å². The molecule has 2 N–H and O–H groups in total. The molecule has 0 spiro atoms. The van der Waals surface area contributed by atoms with Gasteiger partial charge in [0.05, 0.1) is 4.90 Å². The van der Waals surface area contributed by atoms with Gasteiger partial charge in [-0.1, -0.05) is 26.0 Å². The van der Waals surface area contributed by atoms with Gasteiger partial charge in [0.1, 0.15) is 5.82 Å². The molecule has 0 unspecified atom stereocenters. The molecule has 3 aromatic rings. The van der Waals surface area contributed by atoms with Crippen molar-refractivity contribution in [1.82, 2.24) is 9.71 Å². The highest BCUT2D eigenvalue weighted by molar-refractivity contribution is 7.89. The summed E-state index contributed by atoms with van der Waals surface area (Å²) in [6.07, 6.45) is 1.22. The molecule has 0 bridgehead atoms. The van der Waals surface area contributed by atoms with Gasteiger partial charge in [-0.25, -0.2) is 17.5 Å². The SMILES string of the molecule is Cc1cc2c3c([nH]c2cc1S(=O)(=O)NCc1ccc(F)cc1)CC(C)(C)CC3=O. The number of fused-ring (bicyclic) bond motifs is 3. The number of aromatic nitrogens is 1. The van der Waals surface area contributed by atoms with Crippen LogP contribution in [0.25, 0.3) is 10.9 Å². The van der Waals surface area contributed by atoms with E-state index in [-0.39, 0.29) is 28.5 Å². The van der Waals surface area contributed by atoms with E-state index in [1.165, 1.54) is 12.1 Å². The van der Waals surface area contributed by atoms with E-state index >= 15 is 0 Å². The van der Waals surface area contributed by atoms with Crippen LogP contribution in [0, 0.1) is 18.2 Å². The van der Waals surface area contributed by atoms with E-state index in [0.29, 0.717) is 28.6 Å². The molecule has 7 heteroatoms. The third-order valence-corrected chi connectivity index (χ3v) is 6.96. The lowest BCUT2D eigenvalue weighted by atomic mass is 9.76. The second kappa shape index (κ2) is 6.78. The van der Waals surface area contributed by atoms with Crippen LogP contribution in [0.3, 0.4) is 0 Å². The van der Waals surface area contributed by atoms with Crippen LogP contribution in [0.4, 0.5) is 4.39 Å². The minimum absolute atomic E-state index is 0.0635. The molecular formula is C22H23FN2O3S. The quantitative estimate of drug-likeness (QED) is 0.670. The first kappa shape index (κ1) is 19.8. The molecule has 0 amide bonds. The lowest BCUT2D eigenvalue weighted by Gasteiger charge is -2.28. The molecule has 152 valence electrons. The maximum absolute atomic E-state index is 13.0. The molecule has 0 aliphatic heterocycles. The predicted octanol–water partition coefficient (Wildman–Crippen LogP) is 4.25. The van der Waals surface area contributed by atoms with Crippen molar-refractivity contribution in [3.63, 3.8) is 0 Å². The minimum atomic E-state index is -3.78. The van der Waals surface area contributed by atoms with Gasteiger partial charge in [-0.05, 0) is 54.2 Å². The molecule has 0 radical (unpaired) electrons. The number of carbonyl (C=O) groups is 1. The smallest absolute Gasteiger partial charge is 0.241 e. The number of hydrogen-bond acceptors (Lipinski definition) is 3. The highest BCUT2D eigenvalue weighted by Crippen LogP contribution is 2.38. The third-order valence-electron chi connectivity index (χ3n) is 5.41. The molecule has 0 saturated carbocycles. The standard InChI is InChI=1S/C22H23FN2O3S/c1-13-8-16-17(25-18-10-22(2,3)11-19(26)21(16)18)9-20(13)29(27,28)24-12-14-4-6-15(23)7-5-14/h4-9,24-25H,10-12H2,1-3H3. The summed E-state index contributed by atoms with van der Waals surface area (Å²) in [5.74, 6) is -0.279. The van der Waals surface area contributed by atoms with Crippen molar-refractivity contribution in [3.8, 4) is 0 Å². The molecule has 2 aromatic carbocycles. The molecule has 0 atom stereocenters. The molecule has 1 heterocycles. The minimum Gasteiger partial charge on any atom is -0.358 e. The normalized spacial score (nSPS) is 16.2. The number of benzene rings is 2. The van der Waals surface area contributed by atoms with E-state index in [1.807, 2.05) is 0 Å². The number of sulfonamides is 1. The molecular weight excluding hydrogens is 391 g/mol. The van der Waals surface area contributed by atoms with Crippen LogP contribution in [0.2, 0.25) is 0 Å². The van der Waals surface area contributed by atoms with Gasteiger partial charge in [-0.3, -0.25) is 4.79 Å². The number of ketones is 1. The van der Waals surface area contributed by atoms with E-state index in [0.717, 1.165) is 17.5 Å². The molecule has 0 fully saturated rings. The number of aryl methyl sites for hydroxylation is 1. The lowest BCUT2D eigenvalue weighted by Crippen LogP contribution is -2.26. The lowest BCUT2D eigenvalue weighted by molar-refractivity contribution is 0.0913. The number of nitrogens with one attached hydrogen (secondary N) is 2. The zero-order valence-corrected chi connectivity index (χ0v) is 17.4. The van der Waals surface area contributed by atoms with Crippen molar-refractivity contribution in [1.29, 1.82) is 0 Å². The van der Waals surface area contributed by atoms with Crippen molar-refractivity contribution in [3.05, 3.63) is 64.6 Å². The number of aromatic amines is 1. The van der Waals surface area contributed by atoms with Crippen LogP contribution >= 0.6 is 0 Å². The van der Waals surface area contributed by atoms with Gasteiger partial charge in [-0.2, -0.15) is 0 Å². The second-order valence-electron chi connectivity index (χ2n) is 8.53. The number of Topliss-reactive ketones (excluding diaryl/α,β-unsaturated/α-hetero) is 1. The molecule has 0 saturated heterocycles. The number of rotatable bonds is 4. The van der Waals surface area contributed by atoms with Gasteiger partial charge in [0.2, 0.25) is 10.0 Å². The Morgan fingerprint density at radius 1 is 1.14 bits per heavy atom. The Labute approximate surface area is 169 Å². The van der Waals surface area contributed by atoms with E-state index in [1.54, 1.807) is 31.2 Å². The number of H-pyrrole nitrogens is 1. The fourth-order valence-electron chi connectivity index (χ4n) is 4.05. The van der Waals surface area contributed by atoms with Crippen molar-refractivity contribution >= 4 is 26.7 Å². The summed E-state index contributed by atoms with van der Waals surface area (Å²) in [6.45, 7) is 5.90. The summed E-state index contributed by atoms with van der Waals surface area (Å²) < 4.78 is 41.4. The Morgan fingerprint density at radius 3 is 2.52 bits per heavy atom. The number of hydrogen-bond donors (Lipinski definition) is 2. The zero-order chi connectivity index (χ0) is 21.0. The molecule has 1 aromatic heterocycles. The summed E-state index contributed by atoms with van der Waals surface area (Å²) in [5, 5.41) is 0.774. The van der Waals surface area contributed by atoms with Crippen molar-refractivity contribution in [2.75, 3.05) is 0 Å². The van der Waals surface area contributed by atoms with E-state index in [4.69, 9.17) is 0 Å². The first-order valence-corrected chi connectivity index (χ1v) is 11.0. The Bertz CT molecular complexity index is 1230. The summed E-state index contributed by atoms with van der Waals surface area (Å²) in [6, 6.07) is 9.04. The van der Waals surface area contributed by atoms with Crippen molar-refractivity contribution in [2.45, 2.75) is 45.1 Å². The summed E-state index contributed by atoms with van der Waals surface area (Å²) in [7, 11) is -3.78. The molecule has 29 heavy (non-hydrogen) atoms. The average Bonchev–Trinajstić information content (AvgIpc) is 2.96. The molecule has 5 nitrogen and oxygen atoms in total. The van der Waals surface area contributed by atoms with E-state index < -0.39 is 10.0 Å². The van der Waals surface area contributed by atoms with Gasteiger partial charge in [0.15, 0.2) is 5.78 Å². The maximum Gasteiger partial charge on any atom is 0.241 e. The topological polar surface area (TPSA) is 79.0 Å². The Hall–Kier alpha value is -2.51. The van der Waals surface area contributed by atoms with Crippen LogP contribution < -0.4 is 4.72 Å². The first-order chi connectivity index (χ1) is 13.6. The second-order valence-corrected chi connectivity index (χ2v) is 10.3. The zero-order valence-electron chi connectivity index (χ0n) is 16.6. The number of carbonyl (C=O) groups excluding carboxylic acids is 1. The monoisotopic (exact) mass is 414 g/mol. The van der Waals surface area contributed by atoms with Gasteiger partial charge < -0.3 is 4.98 Å². The summed E-state index contributed by atoms with van der Waals surface area (Å²) >= 11 is 0. The number of halogens is 1. The Morgan fingerprint density at radius 2 is 1.83 bits per heavy atom. The Balaban J connectivity index is 1.70. The Kier molecular flexibility index (Phi) is 4.63. The van der Waals surface area contributed by atoms with Gasteiger partial charge in [0.25, 0.3) is 0 Å². The summed E-state index contributed by atoms with van der Waals surface area (Å²) in [5.41, 5.74) is 3.32. The highest BCUT2D eigenvalue weighted by atomic mass is 32.2. The fraction of sp³-hybridized carbons (Fsp3) is 0.318. The van der Waals surface area contributed by atoms with E-state index in [2.05, 4.69) is 23.6 Å². The molecule has 4 rings (SSSR count). The van der Waals surface area contributed by atoms with Crippen LogP contribution in [-0.2, 0) is 23.0 Å². The summed E-state index contributed by atoms with van der Waals surface area (Å²) in [4.78, 5) is 16.1.